The molecular formula is C17H29N3O4S. The first-order valence-corrected chi connectivity index (χ1v) is 11.0. The van der Waals surface area contributed by atoms with Crippen LogP contribution in [0.4, 0.5) is 0 Å². The third-order valence-electron chi connectivity index (χ3n) is 6.17. The molecule has 0 aromatic carbocycles. The van der Waals surface area contributed by atoms with Gasteiger partial charge in [0.25, 0.3) is 10.2 Å². The summed E-state index contributed by atoms with van der Waals surface area (Å²) in [7, 11) is -3.42. The average molecular weight is 372 g/mol. The number of amides is 1. The standard InChI is InChI=1S/C17H29N3O4S/c21-16-4-6-17(13-18(16)12-15-2-3-15)5-1-7-20(14-17)25(22,23)19-8-10-24-11-9-19/h15H,1-14H2. The van der Waals surface area contributed by atoms with Crippen LogP contribution in [0.2, 0.25) is 0 Å². The number of nitrogens with zero attached hydrogens (tertiary/aromatic N) is 3. The lowest BCUT2D eigenvalue weighted by atomic mass is 9.74. The van der Waals surface area contributed by atoms with Gasteiger partial charge < -0.3 is 9.64 Å². The first-order valence-electron chi connectivity index (χ1n) is 9.59. The van der Waals surface area contributed by atoms with E-state index in [4.69, 9.17) is 4.74 Å². The molecule has 25 heavy (non-hydrogen) atoms. The highest BCUT2D eigenvalue weighted by Crippen LogP contribution is 2.41. The van der Waals surface area contributed by atoms with E-state index in [-0.39, 0.29) is 11.3 Å². The molecule has 1 saturated carbocycles. The van der Waals surface area contributed by atoms with Crippen molar-refractivity contribution >= 4 is 16.1 Å². The van der Waals surface area contributed by atoms with Crippen LogP contribution in [-0.2, 0) is 19.7 Å². The summed E-state index contributed by atoms with van der Waals surface area (Å²) >= 11 is 0. The minimum Gasteiger partial charge on any atom is -0.379 e. The molecule has 1 atom stereocenters. The van der Waals surface area contributed by atoms with Crippen molar-refractivity contribution in [3.8, 4) is 0 Å². The molecule has 4 fully saturated rings. The monoisotopic (exact) mass is 371 g/mol. The van der Waals surface area contributed by atoms with E-state index in [1.165, 1.54) is 12.8 Å². The maximum atomic E-state index is 13.0. The Balaban J connectivity index is 1.46. The van der Waals surface area contributed by atoms with Gasteiger partial charge >= 0.3 is 0 Å². The van der Waals surface area contributed by atoms with Gasteiger partial charge in [0.1, 0.15) is 0 Å². The first kappa shape index (κ1) is 17.7. The molecular weight excluding hydrogens is 342 g/mol. The van der Waals surface area contributed by atoms with E-state index in [1.807, 2.05) is 4.90 Å². The first-order chi connectivity index (χ1) is 12.0. The van der Waals surface area contributed by atoms with Crippen LogP contribution in [0.15, 0.2) is 0 Å². The molecule has 4 aliphatic rings. The SMILES string of the molecule is O=C1CCC2(CCCN(S(=O)(=O)N3CCOCC3)C2)CN1CC1CC1. The summed E-state index contributed by atoms with van der Waals surface area (Å²) in [6.45, 7) is 4.59. The topological polar surface area (TPSA) is 70.2 Å². The van der Waals surface area contributed by atoms with Crippen LogP contribution in [-0.4, -0.2) is 80.3 Å². The molecule has 4 rings (SSSR count). The molecule has 1 spiro atoms. The Morgan fingerprint density at radius 2 is 1.80 bits per heavy atom. The highest BCUT2D eigenvalue weighted by Gasteiger charge is 2.46. The zero-order valence-electron chi connectivity index (χ0n) is 14.9. The fourth-order valence-corrected chi connectivity index (χ4v) is 6.25. The molecule has 3 saturated heterocycles. The van der Waals surface area contributed by atoms with Crippen molar-refractivity contribution in [2.45, 2.75) is 38.5 Å². The fraction of sp³-hybridized carbons (Fsp3) is 0.941. The largest absolute Gasteiger partial charge is 0.379 e. The highest BCUT2D eigenvalue weighted by atomic mass is 32.2. The van der Waals surface area contributed by atoms with Gasteiger partial charge in [-0.1, -0.05) is 0 Å². The number of likely N-dealkylation sites (tertiary alicyclic amines) is 1. The van der Waals surface area contributed by atoms with Crippen molar-refractivity contribution in [1.82, 2.24) is 13.5 Å². The smallest absolute Gasteiger partial charge is 0.282 e. The molecule has 3 aliphatic heterocycles. The summed E-state index contributed by atoms with van der Waals surface area (Å²) in [4.78, 5) is 14.3. The molecule has 1 aliphatic carbocycles. The van der Waals surface area contributed by atoms with Crippen LogP contribution in [0, 0.1) is 11.3 Å². The number of hydrogen-bond acceptors (Lipinski definition) is 4. The second-order valence-corrected chi connectivity index (χ2v) is 10.1. The number of morpholine rings is 1. The molecule has 1 amide bonds. The zero-order chi connectivity index (χ0) is 17.5. The third kappa shape index (κ3) is 3.72. The predicted octanol–water partition coefficient (Wildman–Crippen LogP) is 0.678. The van der Waals surface area contributed by atoms with Gasteiger partial charge in [-0.15, -0.1) is 0 Å². The number of ether oxygens (including phenoxy) is 1. The van der Waals surface area contributed by atoms with E-state index in [0.717, 1.165) is 32.4 Å². The second-order valence-electron chi connectivity index (χ2n) is 8.17. The molecule has 0 N–H and O–H groups in total. The van der Waals surface area contributed by atoms with Gasteiger partial charge in [-0.3, -0.25) is 4.79 Å². The lowest BCUT2D eigenvalue weighted by Gasteiger charge is -2.48. The van der Waals surface area contributed by atoms with Crippen molar-refractivity contribution < 1.29 is 17.9 Å². The maximum Gasteiger partial charge on any atom is 0.282 e. The van der Waals surface area contributed by atoms with Crippen LogP contribution in [0.1, 0.15) is 38.5 Å². The Kier molecular flexibility index (Phi) is 4.81. The number of carbonyl (C=O) groups is 1. The minimum absolute atomic E-state index is 0.0552. The van der Waals surface area contributed by atoms with Crippen LogP contribution in [0.5, 0.6) is 0 Å². The van der Waals surface area contributed by atoms with E-state index in [0.29, 0.717) is 51.7 Å². The van der Waals surface area contributed by atoms with Crippen molar-refractivity contribution in [3.05, 3.63) is 0 Å². The summed E-state index contributed by atoms with van der Waals surface area (Å²) < 4.78 is 34.6. The van der Waals surface area contributed by atoms with Crippen LogP contribution < -0.4 is 0 Å². The molecule has 8 heteroatoms. The summed E-state index contributed by atoms with van der Waals surface area (Å²) in [5, 5.41) is 0. The van der Waals surface area contributed by atoms with E-state index >= 15 is 0 Å². The Hall–Kier alpha value is -0.700. The summed E-state index contributed by atoms with van der Waals surface area (Å²) in [6.07, 6.45) is 5.76. The van der Waals surface area contributed by atoms with Crippen LogP contribution in [0.25, 0.3) is 0 Å². The maximum absolute atomic E-state index is 13.0. The average Bonchev–Trinajstić information content (AvgIpc) is 3.43. The minimum atomic E-state index is -3.42. The van der Waals surface area contributed by atoms with E-state index in [1.54, 1.807) is 8.61 Å². The summed E-state index contributed by atoms with van der Waals surface area (Å²) in [6, 6.07) is 0. The Labute approximate surface area is 150 Å². The highest BCUT2D eigenvalue weighted by molar-refractivity contribution is 7.86. The number of piperidine rings is 2. The summed E-state index contributed by atoms with van der Waals surface area (Å²) in [5.41, 5.74) is -0.0552. The van der Waals surface area contributed by atoms with Gasteiger partial charge in [-0.2, -0.15) is 17.0 Å². The third-order valence-corrected chi connectivity index (χ3v) is 8.15. The van der Waals surface area contributed by atoms with Crippen molar-refractivity contribution in [3.63, 3.8) is 0 Å². The van der Waals surface area contributed by atoms with Crippen LogP contribution >= 0.6 is 0 Å². The van der Waals surface area contributed by atoms with Gasteiger partial charge in [0, 0.05) is 51.1 Å². The lowest BCUT2D eigenvalue weighted by Crippen LogP contribution is -2.58. The number of rotatable bonds is 4. The van der Waals surface area contributed by atoms with Crippen LogP contribution in [0.3, 0.4) is 0 Å². The lowest BCUT2D eigenvalue weighted by molar-refractivity contribution is -0.139. The molecule has 3 heterocycles. The Bertz CT molecular complexity index is 615. The molecule has 0 radical (unpaired) electrons. The molecule has 0 bridgehead atoms. The van der Waals surface area contributed by atoms with Crippen molar-refractivity contribution in [2.24, 2.45) is 11.3 Å². The fourth-order valence-electron chi connectivity index (χ4n) is 4.51. The Morgan fingerprint density at radius 3 is 2.52 bits per heavy atom. The molecule has 0 aromatic rings. The number of hydrogen-bond donors (Lipinski definition) is 0. The quantitative estimate of drug-likeness (QED) is 0.729. The predicted molar refractivity (Wildman–Crippen MR) is 93.1 cm³/mol. The van der Waals surface area contributed by atoms with E-state index < -0.39 is 10.2 Å². The zero-order valence-corrected chi connectivity index (χ0v) is 15.7. The van der Waals surface area contributed by atoms with Gasteiger partial charge in [-0.05, 0) is 38.0 Å². The Morgan fingerprint density at radius 1 is 1.04 bits per heavy atom. The van der Waals surface area contributed by atoms with Crippen molar-refractivity contribution in [1.29, 1.82) is 0 Å². The molecule has 142 valence electrons. The number of carbonyl (C=O) groups excluding carboxylic acids is 1. The molecule has 1 unspecified atom stereocenters. The van der Waals surface area contributed by atoms with E-state index in [9.17, 15) is 13.2 Å². The normalized spacial score (nSPS) is 33.1. The second kappa shape index (κ2) is 6.79. The van der Waals surface area contributed by atoms with Gasteiger partial charge in [0.15, 0.2) is 0 Å². The van der Waals surface area contributed by atoms with Gasteiger partial charge in [0.2, 0.25) is 5.91 Å². The molecule has 7 nitrogen and oxygen atoms in total. The van der Waals surface area contributed by atoms with Crippen molar-refractivity contribution in [2.75, 3.05) is 52.5 Å². The van der Waals surface area contributed by atoms with Gasteiger partial charge in [-0.25, -0.2) is 0 Å². The van der Waals surface area contributed by atoms with E-state index in [2.05, 4.69) is 0 Å². The summed E-state index contributed by atoms with van der Waals surface area (Å²) in [5.74, 6) is 0.932. The van der Waals surface area contributed by atoms with Gasteiger partial charge in [0.05, 0.1) is 13.2 Å². The molecule has 0 aromatic heterocycles.